The van der Waals surface area contributed by atoms with Crippen molar-refractivity contribution in [1.29, 1.82) is 0 Å². The molecule has 2 rings (SSSR count). The number of hydrogen-bond donors (Lipinski definition) is 3. The van der Waals surface area contributed by atoms with E-state index in [0.717, 1.165) is 37.7 Å². The number of alkyl carbamates (subject to hydrolysis) is 1. The van der Waals surface area contributed by atoms with Crippen LogP contribution in [0.25, 0.3) is 0 Å². The number of ether oxygens (including phenoxy) is 2. The lowest BCUT2D eigenvalue weighted by atomic mass is 9.83. The largest absolute Gasteiger partial charge is 0.465 e. The van der Waals surface area contributed by atoms with E-state index < -0.39 is 23.7 Å². The highest BCUT2D eigenvalue weighted by Gasteiger charge is 2.26. The van der Waals surface area contributed by atoms with Crippen LogP contribution < -0.4 is 16.4 Å². The van der Waals surface area contributed by atoms with Crippen LogP contribution in [0.15, 0.2) is 18.2 Å². The minimum atomic E-state index is -0.785. The predicted molar refractivity (Wildman–Crippen MR) is 128 cm³/mol. The molecule has 1 aromatic carbocycles. The van der Waals surface area contributed by atoms with Gasteiger partial charge in [-0.05, 0) is 83.0 Å². The van der Waals surface area contributed by atoms with Crippen molar-refractivity contribution in [2.75, 3.05) is 19.0 Å². The minimum Gasteiger partial charge on any atom is -0.465 e. The number of hydrogen-bond acceptors (Lipinski definition) is 6. The van der Waals surface area contributed by atoms with E-state index in [0.29, 0.717) is 36.6 Å². The number of unbranched alkanes of at least 4 members (excludes halogenated alkanes) is 1. The van der Waals surface area contributed by atoms with E-state index in [1.165, 1.54) is 13.5 Å². The number of carbonyl (C=O) groups is 3. The van der Waals surface area contributed by atoms with Gasteiger partial charge in [-0.3, -0.25) is 4.79 Å². The molecule has 1 atom stereocenters. The summed E-state index contributed by atoms with van der Waals surface area (Å²) in [5.41, 5.74) is 6.89. The van der Waals surface area contributed by atoms with Crippen molar-refractivity contribution >= 4 is 23.7 Å². The summed E-state index contributed by atoms with van der Waals surface area (Å²) in [6.45, 7) is 5.81. The van der Waals surface area contributed by atoms with Gasteiger partial charge in [0.05, 0.1) is 12.7 Å². The van der Waals surface area contributed by atoms with Crippen LogP contribution in [0.2, 0.25) is 0 Å². The van der Waals surface area contributed by atoms with Gasteiger partial charge in [-0.2, -0.15) is 0 Å². The van der Waals surface area contributed by atoms with Crippen LogP contribution in [0.3, 0.4) is 0 Å². The van der Waals surface area contributed by atoms with Gasteiger partial charge in [-0.25, -0.2) is 9.59 Å². The number of amides is 2. The summed E-state index contributed by atoms with van der Waals surface area (Å²) in [5, 5.41) is 5.67. The molecule has 33 heavy (non-hydrogen) atoms. The Hall–Kier alpha value is -2.61. The van der Waals surface area contributed by atoms with Gasteiger partial charge in [0, 0.05) is 5.69 Å². The third-order valence-electron chi connectivity index (χ3n) is 5.73. The van der Waals surface area contributed by atoms with Crippen LogP contribution >= 0.6 is 0 Å². The van der Waals surface area contributed by atoms with Crippen molar-refractivity contribution < 1.29 is 23.9 Å². The lowest BCUT2D eigenvalue weighted by molar-refractivity contribution is -0.118. The molecule has 8 nitrogen and oxygen atoms in total. The van der Waals surface area contributed by atoms with Gasteiger partial charge >= 0.3 is 12.1 Å². The summed E-state index contributed by atoms with van der Waals surface area (Å²) in [6, 6.07) is 4.52. The second-order valence-corrected chi connectivity index (χ2v) is 9.60. The molecule has 0 bridgehead atoms. The second-order valence-electron chi connectivity index (χ2n) is 9.60. The number of nitrogens with one attached hydrogen (secondary N) is 2. The number of methoxy groups -OCH3 is 1. The fourth-order valence-corrected chi connectivity index (χ4v) is 4.11. The SMILES string of the molecule is COC(=O)c1ccc(C2CCCCC2)c(NC(=O)[C@H](CCCCN)NC(=O)OC(C)(C)C)c1. The number of nitrogens with two attached hydrogens (primary N) is 1. The zero-order chi connectivity index (χ0) is 24.4. The van der Waals surface area contributed by atoms with Gasteiger partial charge in [0.1, 0.15) is 11.6 Å². The molecular formula is C25H39N3O5. The van der Waals surface area contributed by atoms with Gasteiger partial charge in [-0.15, -0.1) is 0 Å². The summed E-state index contributed by atoms with van der Waals surface area (Å²) in [4.78, 5) is 37.7. The first-order chi connectivity index (χ1) is 15.6. The molecule has 8 heteroatoms. The Kier molecular flexibility index (Phi) is 10.2. The molecule has 0 spiro atoms. The molecule has 184 valence electrons. The highest BCUT2D eigenvalue weighted by molar-refractivity contribution is 5.99. The third kappa shape index (κ3) is 8.68. The van der Waals surface area contributed by atoms with Gasteiger partial charge < -0.3 is 25.8 Å². The normalized spacial score (nSPS) is 15.4. The predicted octanol–water partition coefficient (Wildman–Crippen LogP) is 4.48. The molecule has 0 aliphatic heterocycles. The Bertz CT molecular complexity index is 813. The van der Waals surface area contributed by atoms with E-state index in [2.05, 4.69) is 10.6 Å². The second kappa shape index (κ2) is 12.6. The molecular weight excluding hydrogens is 422 g/mol. The van der Waals surface area contributed by atoms with Gasteiger partial charge in [0.2, 0.25) is 5.91 Å². The van der Waals surface area contributed by atoms with Crippen LogP contribution in [-0.2, 0) is 14.3 Å². The first kappa shape index (κ1) is 26.6. The van der Waals surface area contributed by atoms with Gasteiger partial charge in [0.15, 0.2) is 0 Å². The maximum atomic E-state index is 13.3. The molecule has 0 saturated heterocycles. The molecule has 4 N–H and O–H groups in total. The Morgan fingerprint density at radius 1 is 1.12 bits per heavy atom. The Morgan fingerprint density at radius 3 is 2.42 bits per heavy atom. The van der Waals surface area contributed by atoms with E-state index in [1.54, 1.807) is 32.9 Å². The molecule has 1 aromatic rings. The van der Waals surface area contributed by atoms with Crippen molar-refractivity contribution in [2.24, 2.45) is 5.73 Å². The van der Waals surface area contributed by atoms with E-state index in [9.17, 15) is 14.4 Å². The fourth-order valence-electron chi connectivity index (χ4n) is 4.11. The van der Waals surface area contributed by atoms with Crippen LogP contribution in [0, 0.1) is 0 Å². The van der Waals surface area contributed by atoms with Crippen molar-refractivity contribution in [3.8, 4) is 0 Å². The van der Waals surface area contributed by atoms with Crippen molar-refractivity contribution in [1.82, 2.24) is 5.32 Å². The topological polar surface area (TPSA) is 120 Å². The van der Waals surface area contributed by atoms with Crippen LogP contribution in [0.4, 0.5) is 10.5 Å². The number of carbonyl (C=O) groups excluding carboxylic acids is 3. The molecule has 1 aliphatic rings. The highest BCUT2D eigenvalue weighted by Crippen LogP contribution is 2.37. The van der Waals surface area contributed by atoms with E-state index in [-0.39, 0.29) is 5.91 Å². The Morgan fingerprint density at radius 2 is 1.82 bits per heavy atom. The summed E-state index contributed by atoms with van der Waals surface area (Å²) in [5.74, 6) is -0.501. The maximum absolute atomic E-state index is 13.3. The molecule has 0 unspecified atom stereocenters. The number of benzene rings is 1. The van der Waals surface area contributed by atoms with Gasteiger partial charge in [0.25, 0.3) is 0 Å². The van der Waals surface area contributed by atoms with E-state index >= 15 is 0 Å². The molecule has 1 fully saturated rings. The summed E-state index contributed by atoms with van der Waals surface area (Å²) in [7, 11) is 1.33. The maximum Gasteiger partial charge on any atom is 0.408 e. The fraction of sp³-hybridized carbons (Fsp3) is 0.640. The van der Waals surface area contributed by atoms with Crippen LogP contribution in [-0.4, -0.2) is 43.3 Å². The molecule has 0 radical (unpaired) electrons. The average Bonchev–Trinajstić information content (AvgIpc) is 2.77. The van der Waals surface area contributed by atoms with Crippen LogP contribution in [0.5, 0.6) is 0 Å². The summed E-state index contributed by atoms with van der Waals surface area (Å²) >= 11 is 0. The van der Waals surface area contributed by atoms with E-state index in [1.807, 2.05) is 6.07 Å². The lowest BCUT2D eigenvalue weighted by Gasteiger charge is -2.26. The van der Waals surface area contributed by atoms with Crippen LogP contribution in [0.1, 0.15) is 94.0 Å². The van der Waals surface area contributed by atoms with Crippen molar-refractivity contribution in [2.45, 2.75) is 89.7 Å². The highest BCUT2D eigenvalue weighted by atomic mass is 16.6. The monoisotopic (exact) mass is 461 g/mol. The average molecular weight is 462 g/mol. The van der Waals surface area contributed by atoms with Gasteiger partial charge in [-0.1, -0.05) is 25.3 Å². The standard InChI is InChI=1S/C25H39N3O5/c1-25(2,3)33-24(31)28-20(12-8-9-15-26)22(29)27-21-16-18(23(30)32-4)13-14-19(21)17-10-6-5-7-11-17/h13-14,16-17,20H,5-12,15,26H2,1-4H3,(H,27,29)(H,28,31)/t20-/m0/s1. The number of anilines is 1. The first-order valence-corrected chi connectivity index (χ1v) is 11.9. The lowest BCUT2D eigenvalue weighted by Crippen LogP contribution is -2.46. The summed E-state index contributed by atoms with van der Waals surface area (Å²) in [6.07, 6.45) is 6.77. The van der Waals surface area contributed by atoms with Crippen molar-refractivity contribution in [3.05, 3.63) is 29.3 Å². The van der Waals surface area contributed by atoms with Crippen molar-refractivity contribution in [3.63, 3.8) is 0 Å². The smallest absolute Gasteiger partial charge is 0.408 e. The molecule has 1 saturated carbocycles. The molecule has 1 aliphatic carbocycles. The molecule has 0 heterocycles. The first-order valence-electron chi connectivity index (χ1n) is 11.9. The zero-order valence-electron chi connectivity index (χ0n) is 20.4. The quantitative estimate of drug-likeness (QED) is 0.368. The number of esters is 1. The Balaban J connectivity index is 2.26. The summed E-state index contributed by atoms with van der Waals surface area (Å²) < 4.78 is 10.2. The third-order valence-corrected chi connectivity index (χ3v) is 5.73. The van der Waals surface area contributed by atoms with E-state index in [4.69, 9.17) is 15.2 Å². The molecule has 2 amide bonds. The molecule has 0 aromatic heterocycles. The zero-order valence-corrected chi connectivity index (χ0v) is 20.4. The minimum absolute atomic E-state index is 0.315. The number of rotatable bonds is 9. The Labute approximate surface area is 197 Å².